The van der Waals surface area contributed by atoms with E-state index in [1.807, 2.05) is 0 Å². The molecule has 1 N–H and O–H groups in total. The maximum atomic E-state index is 12.3. The molecule has 2 rings (SSSR count). The molecule has 0 saturated carbocycles. The Morgan fingerprint density at radius 2 is 1.47 bits per heavy atom. The Morgan fingerprint density at radius 3 is 2.06 bits per heavy atom. The van der Waals surface area contributed by atoms with Crippen LogP contribution in [0.3, 0.4) is 0 Å². The Bertz CT molecular complexity index is 221. The molecule has 2 saturated heterocycles. The second kappa shape index (κ2) is 7.93. The number of hydrogen-bond donors (Lipinski definition) is 1. The van der Waals surface area contributed by atoms with Gasteiger partial charge in [-0.15, -0.1) is 12.4 Å². The first-order chi connectivity index (χ1) is 7.88. The largest absolute Gasteiger partial charge is 0.342 e. The van der Waals surface area contributed by atoms with Gasteiger partial charge in [-0.1, -0.05) is 19.3 Å². The number of piperidine rings is 1. The summed E-state index contributed by atoms with van der Waals surface area (Å²) in [7, 11) is 0. The average Bonchev–Trinajstić information content (AvgIpc) is 2.29. The second-order valence-corrected chi connectivity index (χ2v) is 5.12. The van der Waals surface area contributed by atoms with Gasteiger partial charge in [-0.2, -0.15) is 0 Å². The highest BCUT2D eigenvalue weighted by Gasteiger charge is 2.25. The van der Waals surface area contributed by atoms with E-state index in [1.165, 1.54) is 32.1 Å². The minimum absolute atomic E-state index is 0. The number of nitrogens with zero attached hydrogens (tertiary/aromatic N) is 1. The molecule has 3 nitrogen and oxygen atoms in total. The normalized spacial score (nSPS) is 23.4. The van der Waals surface area contributed by atoms with Crippen molar-refractivity contribution in [3.05, 3.63) is 0 Å². The lowest BCUT2D eigenvalue weighted by molar-refractivity contribution is -0.136. The average molecular weight is 261 g/mol. The third kappa shape index (κ3) is 4.47. The van der Waals surface area contributed by atoms with Gasteiger partial charge in [0, 0.05) is 19.0 Å². The van der Waals surface area contributed by atoms with Crippen molar-refractivity contribution in [1.29, 1.82) is 0 Å². The lowest BCUT2D eigenvalue weighted by Crippen LogP contribution is -2.42. The van der Waals surface area contributed by atoms with Crippen molar-refractivity contribution in [3.63, 3.8) is 0 Å². The second-order valence-electron chi connectivity index (χ2n) is 5.12. The van der Waals surface area contributed by atoms with E-state index in [0.29, 0.717) is 11.8 Å². The van der Waals surface area contributed by atoms with Gasteiger partial charge in [0.15, 0.2) is 0 Å². The molecular weight excluding hydrogens is 236 g/mol. The van der Waals surface area contributed by atoms with Gasteiger partial charge in [0.1, 0.15) is 0 Å². The highest BCUT2D eigenvalue weighted by atomic mass is 35.5. The molecule has 0 unspecified atom stereocenters. The number of rotatable bonds is 1. The quantitative estimate of drug-likeness (QED) is 0.784. The summed E-state index contributed by atoms with van der Waals surface area (Å²) >= 11 is 0. The number of hydrogen-bond acceptors (Lipinski definition) is 2. The number of carbonyl (C=O) groups excluding carboxylic acids is 1. The molecular formula is C13H25ClN2O. The molecule has 2 fully saturated rings. The number of halogens is 1. The zero-order valence-corrected chi connectivity index (χ0v) is 11.4. The van der Waals surface area contributed by atoms with Gasteiger partial charge in [0.2, 0.25) is 5.91 Å². The summed E-state index contributed by atoms with van der Waals surface area (Å²) in [6.07, 6.45) is 8.44. The van der Waals surface area contributed by atoms with Crippen LogP contribution in [0.15, 0.2) is 0 Å². The van der Waals surface area contributed by atoms with Crippen LogP contribution in [0.4, 0.5) is 0 Å². The van der Waals surface area contributed by atoms with E-state index >= 15 is 0 Å². The van der Waals surface area contributed by atoms with Crippen LogP contribution in [-0.2, 0) is 4.79 Å². The van der Waals surface area contributed by atoms with E-state index < -0.39 is 0 Å². The third-order valence-corrected chi connectivity index (χ3v) is 3.86. The summed E-state index contributed by atoms with van der Waals surface area (Å²) in [6.45, 7) is 4.04. The number of amides is 1. The van der Waals surface area contributed by atoms with Crippen LogP contribution in [0, 0.1) is 5.92 Å². The molecule has 2 heterocycles. The van der Waals surface area contributed by atoms with Crippen LogP contribution in [0.1, 0.15) is 44.9 Å². The topological polar surface area (TPSA) is 32.3 Å². The predicted molar refractivity (Wildman–Crippen MR) is 72.5 cm³/mol. The molecule has 1 amide bonds. The molecule has 0 radical (unpaired) electrons. The van der Waals surface area contributed by atoms with E-state index in [-0.39, 0.29) is 12.4 Å². The van der Waals surface area contributed by atoms with Crippen molar-refractivity contribution in [1.82, 2.24) is 10.2 Å². The van der Waals surface area contributed by atoms with Crippen LogP contribution in [0.5, 0.6) is 0 Å². The fourth-order valence-corrected chi connectivity index (χ4v) is 2.79. The molecule has 0 bridgehead atoms. The van der Waals surface area contributed by atoms with Crippen LogP contribution < -0.4 is 5.32 Å². The lowest BCUT2D eigenvalue weighted by atomic mass is 9.96. The van der Waals surface area contributed by atoms with Crippen LogP contribution in [0.25, 0.3) is 0 Å². The highest BCUT2D eigenvalue weighted by Crippen LogP contribution is 2.18. The van der Waals surface area contributed by atoms with Gasteiger partial charge in [-0.05, 0) is 38.8 Å². The summed E-state index contributed by atoms with van der Waals surface area (Å²) in [5, 5.41) is 3.32. The molecule has 0 aromatic rings. The minimum Gasteiger partial charge on any atom is -0.342 e. The molecule has 4 heteroatoms. The van der Waals surface area contributed by atoms with Crippen molar-refractivity contribution in [2.75, 3.05) is 26.2 Å². The fraction of sp³-hybridized carbons (Fsp3) is 0.923. The Kier molecular flexibility index (Phi) is 6.90. The van der Waals surface area contributed by atoms with Gasteiger partial charge in [-0.25, -0.2) is 0 Å². The fourth-order valence-electron chi connectivity index (χ4n) is 2.79. The van der Waals surface area contributed by atoms with Crippen LogP contribution >= 0.6 is 12.4 Å². The Hall–Kier alpha value is -0.280. The number of likely N-dealkylation sites (tertiary alicyclic amines) is 1. The standard InChI is InChI=1S/C13H24N2O.ClH/c16-13(12-6-8-14-9-7-12)15-10-4-2-1-3-5-11-15;/h12,14H,1-11H2;1H. The van der Waals surface area contributed by atoms with Crippen molar-refractivity contribution in [3.8, 4) is 0 Å². The Labute approximate surface area is 111 Å². The monoisotopic (exact) mass is 260 g/mol. The van der Waals surface area contributed by atoms with Crippen LogP contribution in [-0.4, -0.2) is 37.0 Å². The van der Waals surface area contributed by atoms with E-state index in [0.717, 1.165) is 39.0 Å². The number of carbonyl (C=O) groups is 1. The van der Waals surface area contributed by atoms with Gasteiger partial charge in [0.05, 0.1) is 0 Å². The third-order valence-electron chi connectivity index (χ3n) is 3.86. The first-order valence-electron chi connectivity index (χ1n) is 6.87. The smallest absolute Gasteiger partial charge is 0.225 e. The number of nitrogens with one attached hydrogen (secondary N) is 1. The van der Waals surface area contributed by atoms with Gasteiger partial charge in [0.25, 0.3) is 0 Å². The van der Waals surface area contributed by atoms with E-state index in [4.69, 9.17) is 0 Å². The molecule has 0 aliphatic carbocycles. The summed E-state index contributed by atoms with van der Waals surface area (Å²) in [5.41, 5.74) is 0. The summed E-state index contributed by atoms with van der Waals surface area (Å²) in [5.74, 6) is 0.740. The first-order valence-corrected chi connectivity index (χ1v) is 6.87. The zero-order chi connectivity index (χ0) is 11.2. The van der Waals surface area contributed by atoms with Crippen molar-refractivity contribution in [2.45, 2.75) is 44.9 Å². The molecule has 100 valence electrons. The van der Waals surface area contributed by atoms with Crippen molar-refractivity contribution in [2.24, 2.45) is 5.92 Å². The summed E-state index contributed by atoms with van der Waals surface area (Å²) < 4.78 is 0. The maximum Gasteiger partial charge on any atom is 0.225 e. The van der Waals surface area contributed by atoms with Gasteiger partial charge >= 0.3 is 0 Å². The molecule has 0 atom stereocenters. The zero-order valence-electron chi connectivity index (χ0n) is 10.6. The lowest BCUT2D eigenvalue weighted by Gasteiger charge is -2.30. The maximum absolute atomic E-state index is 12.3. The minimum atomic E-state index is 0. The Balaban J connectivity index is 0.00000144. The van der Waals surface area contributed by atoms with E-state index in [1.54, 1.807) is 0 Å². The van der Waals surface area contributed by atoms with Crippen molar-refractivity contribution >= 4 is 18.3 Å². The molecule has 0 spiro atoms. The molecule has 2 aliphatic rings. The molecule has 0 aromatic heterocycles. The SMILES string of the molecule is Cl.O=C(C1CCNCC1)N1CCCCCCC1. The Morgan fingerprint density at radius 1 is 0.941 bits per heavy atom. The van der Waals surface area contributed by atoms with E-state index in [2.05, 4.69) is 10.2 Å². The molecule has 17 heavy (non-hydrogen) atoms. The van der Waals surface area contributed by atoms with Crippen molar-refractivity contribution < 1.29 is 4.79 Å². The molecule has 0 aromatic carbocycles. The predicted octanol–water partition coefficient (Wildman–Crippen LogP) is 2.20. The highest BCUT2D eigenvalue weighted by molar-refractivity contribution is 5.85. The van der Waals surface area contributed by atoms with Gasteiger partial charge in [-0.3, -0.25) is 4.79 Å². The van der Waals surface area contributed by atoms with Crippen LogP contribution in [0.2, 0.25) is 0 Å². The summed E-state index contributed by atoms with van der Waals surface area (Å²) in [4.78, 5) is 14.5. The molecule has 2 aliphatic heterocycles. The summed E-state index contributed by atoms with van der Waals surface area (Å²) in [6, 6.07) is 0. The first kappa shape index (κ1) is 14.8. The van der Waals surface area contributed by atoms with Gasteiger partial charge < -0.3 is 10.2 Å². The van der Waals surface area contributed by atoms with E-state index in [9.17, 15) is 4.79 Å².